The van der Waals surface area contributed by atoms with Gasteiger partial charge in [-0.1, -0.05) is 17.7 Å². The van der Waals surface area contributed by atoms with Crippen molar-refractivity contribution in [3.05, 3.63) is 29.3 Å². The van der Waals surface area contributed by atoms with Gasteiger partial charge in [-0.25, -0.2) is 0 Å². The molecule has 1 aromatic carbocycles. The molecule has 0 aromatic heterocycles. The van der Waals surface area contributed by atoms with E-state index in [4.69, 9.17) is 4.74 Å². The molecule has 1 aromatic rings. The van der Waals surface area contributed by atoms with Gasteiger partial charge < -0.3 is 10.1 Å². The van der Waals surface area contributed by atoms with Crippen molar-refractivity contribution in [1.29, 1.82) is 0 Å². The van der Waals surface area contributed by atoms with E-state index in [1.807, 2.05) is 0 Å². The van der Waals surface area contributed by atoms with Crippen molar-refractivity contribution in [2.45, 2.75) is 25.4 Å². The average Bonchev–Trinajstić information content (AvgIpc) is 2.72. The summed E-state index contributed by atoms with van der Waals surface area (Å²) in [5.74, 6) is 1.10. The second-order valence-electron chi connectivity index (χ2n) is 4.50. The highest BCUT2D eigenvalue weighted by Crippen LogP contribution is 2.38. The van der Waals surface area contributed by atoms with Crippen LogP contribution in [-0.4, -0.2) is 18.7 Å². The lowest BCUT2D eigenvalue weighted by molar-refractivity contribution is 0.118. The van der Waals surface area contributed by atoms with Crippen molar-refractivity contribution in [1.82, 2.24) is 5.32 Å². The summed E-state index contributed by atoms with van der Waals surface area (Å²) >= 11 is 0. The maximum atomic E-state index is 6.05. The van der Waals surface area contributed by atoms with Gasteiger partial charge in [0.1, 0.15) is 11.4 Å². The van der Waals surface area contributed by atoms with Crippen LogP contribution in [0.1, 0.15) is 17.5 Å². The van der Waals surface area contributed by atoms with Crippen LogP contribution in [-0.2, 0) is 6.42 Å². The van der Waals surface area contributed by atoms with Gasteiger partial charge in [-0.15, -0.1) is 0 Å². The molecule has 2 aliphatic rings. The van der Waals surface area contributed by atoms with Crippen LogP contribution in [0.15, 0.2) is 18.2 Å². The molecule has 0 radical (unpaired) electrons. The maximum absolute atomic E-state index is 6.05. The molecule has 0 saturated carbocycles. The third-order valence-corrected chi connectivity index (χ3v) is 3.26. The number of hydrogen-bond donors (Lipinski definition) is 1. The molecule has 1 saturated heterocycles. The van der Waals surface area contributed by atoms with E-state index >= 15 is 0 Å². The van der Waals surface area contributed by atoms with Gasteiger partial charge in [0.2, 0.25) is 0 Å². The fraction of sp³-hybridized carbons (Fsp3) is 0.500. The van der Waals surface area contributed by atoms with E-state index in [2.05, 4.69) is 30.4 Å². The smallest absolute Gasteiger partial charge is 0.127 e. The monoisotopic (exact) mass is 189 g/mol. The summed E-state index contributed by atoms with van der Waals surface area (Å²) in [4.78, 5) is 0. The van der Waals surface area contributed by atoms with E-state index in [1.165, 1.54) is 11.1 Å². The lowest BCUT2D eigenvalue weighted by Crippen LogP contribution is -2.36. The van der Waals surface area contributed by atoms with Gasteiger partial charge in [-0.3, -0.25) is 0 Å². The number of rotatable bonds is 0. The Kier molecular flexibility index (Phi) is 1.62. The van der Waals surface area contributed by atoms with E-state index in [1.54, 1.807) is 0 Å². The van der Waals surface area contributed by atoms with Crippen LogP contribution in [0.3, 0.4) is 0 Å². The molecule has 3 rings (SSSR count). The highest BCUT2D eigenvalue weighted by atomic mass is 16.5. The molecule has 2 heterocycles. The van der Waals surface area contributed by atoms with Crippen molar-refractivity contribution in [3.8, 4) is 5.75 Å². The molecule has 0 bridgehead atoms. The first kappa shape index (κ1) is 8.30. The highest BCUT2D eigenvalue weighted by molar-refractivity contribution is 5.42. The Balaban J connectivity index is 1.96. The summed E-state index contributed by atoms with van der Waals surface area (Å²) in [6.45, 7) is 4.23. The Morgan fingerprint density at radius 2 is 2.36 bits per heavy atom. The summed E-state index contributed by atoms with van der Waals surface area (Å²) in [5, 5.41) is 3.38. The molecule has 2 nitrogen and oxygen atoms in total. The van der Waals surface area contributed by atoms with Crippen molar-refractivity contribution < 1.29 is 4.74 Å². The van der Waals surface area contributed by atoms with Crippen LogP contribution in [0.25, 0.3) is 0 Å². The Morgan fingerprint density at radius 3 is 3.14 bits per heavy atom. The molecule has 1 fully saturated rings. The molecule has 1 atom stereocenters. The number of aryl methyl sites for hydroxylation is 1. The summed E-state index contributed by atoms with van der Waals surface area (Å²) in [6.07, 6.45) is 2.22. The molecular formula is C12H15NO. The molecule has 14 heavy (non-hydrogen) atoms. The Labute approximate surface area is 84.3 Å². The van der Waals surface area contributed by atoms with E-state index < -0.39 is 0 Å². The number of benzene rings is 1. The van der Waals surface area contributed by atoms with Crippen molar-refractivity contribution in [2.24, 2.45) is 0 Å². The molecule has 2 heteroatoms. The molecule has 74 valence electrons. The minimum Gasteiger partial charge on any atom is -0.485 e. The van der Waals surface area contributed by atoms with E-state index in [9.17, 15) is 0 Å². The fourth-order valence-electron chi connectivity index (χ4n) is 2.52. The zero-order chi connectivity index (χ0) is 9.60. The van der Waals surface area contributed by atoms with Crippen molar-refractivity contribution in [3.63, 3.8) is 0 Å². The third kappa shape index (κ3) is 1.14. The maximum Gasteiger partial charge on any atom is 0.127 e. The van der Waals surface area contributed by atoms with Gasteiger partial charge >= 0.3 is 0 Å². The molecule has 1 unspecified atom stereocenters. The summed E-state index contributed by atoms with van der Waals surface area (Å²) in [7, 11) is 0. The number of hydrogen-bond acceptors (Lipinski definition) is 2. The highest BCUT2D eigenvalue weighted by Gasteiger charge is 2.41. The molecular weight excluding hydrogens is 174 g/mol. The van der Waals surface area contributed by atoms with Gasteiger partial charge in [0.05, 0.1) is 0 Å². The fourth-order valence-corrected chi connectivity index (χ4v) is 2.52. The standard InChI is InChI=1S/C12H15NO/c1-9-2-3-11-10(6-9)7-12(14-11)4-5-13-8-12/h2-3,6,13H,4-5,7-8H2,1H3. The van der Waals surface area contributed by atoms with Crippen molar-refractivity contribution in [2.75, 3.05) is 13.1 Å². The minimum absolute atomic E-state index is 0.0795. The number of ether oxygens (including phenoxy) is 1. The van der Waals surface area contributed by atoms with Gasteiger partial charge in [0, 0.05) is 19.4 Å². The molecule has 1 N–H and O–H groups in total. The van der Waals surface area contributed by atoms with Gasteiger partial charge in [0.15, 0.2) is 0 Å². The number of nitrogens with one attached hydrogen (secondary N) is 1. The average molecular weight is 189 g/mol. The van der Waals surface area contributed by atoms with Crippen LogP contribution in [0, 0.1) is 6.92 Å². The Hall–Kier alpha value is -1.02. The minimum atomic E-state index is 0.0795. The van der Waals surface area contributed by atoms with Crippen LogP contribution < -0.4 is 10.1 Å². The zero-order valence-corrected chi connectivity index (χ0v) is 8.47. The first-order valence-electron chi connectivity index (χ1n) is 5.27. The predicted molar refractivity (Wildman–Crippen MR) is 55.7 cm³/mol. The van der Waals surface area contributed by atoms with Gasteiger partial charge in [0.25, 0.3) is 0 Å². The second kappa shape index (κ2) is 2.74. The predicted octanol–water partition coefficient (Wildman–Crippen LogP) is 1.66. The van der Waals surface area contributed by atoms with E-state index in [0.717, 1.165) is 31.7 Å². The summed E-state index contributed by atoms with van der Waals surface area (Å²) < 4.78 is 6.05. The molecule has 1 spiro atoms. The van der Waals surface area contributed by atoms with E-state index in [0.29, 0.717) is 0 Å². The first-order chi connectivity index (χ1) is 6.77. The molecule has 0 aliphatic carbocycles. The van der Waals surface area contributed by atoms with Crippen LogP contribution >= 0.6 is 0 Å². The molecule has 2 aliphatic heterocycles. The largest absolute Gasteiger partial charge is 0.485 e. The first-order valence-corrected chi connectivity index (χ1v) is 5.27. The number of fused-ring (bicyclic) bond motifs is 1. The topological polar surface area (TPSA) is 21.3 Å². The summed E-state index contributed by atoms with van der Waals surface area (Å²) in [6, 6.07) is 6.49. The lowest BCUT2D eigenvalue weighted by atomic mass is 9.96. The zero-order valence-electron chi connectivity index (χ0n) is 8.47. The Bertz CT molecular complexity index is 367. The summed E-state index contributed by atoms with van der Waals surface area (Å²) in [5.41, 5.74) is 2.79. The molecule has 0 amide bonds. The lowest BCUT2D eigenvalue weighted by Gasteiger charge is -2.21. The quantitative estimate of drug-likeness (QED) is 0.670. The van der Waals surface area contributed by atoms with Crippen LogP contribution in [0.5, 0.6) is 5.75 Å². The van der Waals surface area contributed by atoms with Crippen LogP contribution in [0.2, 0.25) is 0 Å². The Morgan fingerprint density at radius 1 is 1.43 bits per heavy atom. The third-order valence-electron chi connectivity index (χ3n) is 3.26. The van der Waals surface area contributed by atoms with Crippen molar-refractivity contribution >= 4 is 0 Å². The second-order valence-corrected chi connectivity index (χ2v) is 4.50. The van der Waals surface area contributed by atoms with Crippen LogP contribution in [0.4, 0.5) is 0 Å². The van der Waals surface area contributed by atoms with Gasteiger partial charge in [-0.05, 0) is 25.1 Å². The van der Waals surface area contributed by atoms with Gasteiger partial charge in [-0.2, -0.15) is 0 Å². The normalized spacial score (nSPS) is 29.2. The SMILES string of the molecule is Cc1ccc2c(c1)CC1(CCNC1)O2. The van der Waals surface area contributed by atoms with E-state index in [-0.39, 0.29) is 5.60 Å².